The number of fused-ring (bicyclic) bond motifs is 1. The maximum Gasteiger partial charge on any atom is 0.223 e. The Hall–Kier alpha value is -1.55. The molecule has 4 nitrogen and oxygen atoms in total. The maximum absolute atomic E-state index is 12.6. The van der Waals surface area contributed by atoms with E-state index in [1.807, 2.05) is 4.90 Å². The van der Waals surface area contributed by atoms with Gasteiger partial charge in [-0.05, 0) is 56.5 Å². The largest absolute Gasteiger partial charge is 0.491 e. The Balaban J connectivity index is 1.76. The fraction of sp³-hybridized carbons (Fsp3) is 0.650. The molecule has 1 aromatic rings. The molecule has 1 fully saturated rings. The van der Waals surface area contributed by atoms with E-state index in [1.165, 1.54) is 31.5 Å². The highest BCUT2D eigenvalue weighted by atomic mass is 16.5. The summed E-state index contributed by atoms with van der Waals surface area (Å²) in [6, 6.07) is 6.62. The van der Waals surface area contributed by atoms with Crippen LogP contribution in [0.2, 0.25) is 0 Å². The Morgan fingerprint density at radius 1 is 1.29 bits per heavy atom. The molecular formula is C20H30N2O2. The molecule has 0 saturated carbocycles. The van der Waals surface area contributed by atoms with Crippen LogP contribution in [-0.2, 0) is 17.9 Å². The van der Waals surface area contributed by atoms with E-state index in [0.29, 0.717) is 25.5 Å². The van der Waals surface area contributed by atoms with Crippen molar-refractivity contribution in [1.82, 2.24) is 9.80 Å². The molecule has 0 N–H and O–H groups in total. The molecule has 3 rings (SSSR count). The van der Waals surface area contributed by atoms with Gasteiger partial charge in [-0.2, -0.15) is 0 Å². The number of rotatable bonds is 4. The smallest absolute Gasteiger partial charge is 0.223 e. The summed E-state index contributed by atoms with van der Waals surface area (Å²) in [5.74, 6) is 1.56. The summed E-state index contributed by atoms with van der Waals surface area (Å²) >= 11 is 0. The van der Waals surface area contributed by atoms with E-state index in [4.69, 9.17) is 4.74 Å². The predicted molar refractivity (Wildman–Crippen MR) is 95.9 cm³/mol. The SMILES string of the molecule is CC(C)CC(=O)N1Cc2cc(CN3CCCC3)ccc2OC[C@@H]1C. The summed E-state index contributed by atoms with van der Waals surface area (Å²) in [5, 5.41) is 0. The highest BCUT2D eigenvalue weighted by Gasteiger charge is 2.26. The van der Waals surface area contributed by atoms with Gasteiger partial charge in [0.1, 0.15) is 12.4 Å². The predicted octanol–water partition coefficient (Wildman–Crippen LogP) is 3.44. The molecule has 1 atom stereocenters. The van der Waals surface area contributed by atoms with Gasteiger partial charge in [0.25, 0.3) is 0 Å². The molecule has 0 aromatic heterocycles. The standard InChI is InChI=1S/C20H30N2O2/c1-15(2)10-20(23)22-13-18-11-17(12-21-8-4-5-9-21)6-7-19(18)24-14-16(22)3/h6-7,11,15-16H,4-5,8-10,12-14H2,1-3H3/t16-/m0/s1. The van der Waals surface area contributed by atoms with Crippen molar-refractivity contribution in [3.8, 4) is 5.75 Å². The molecule has 0 bridgehead atoms. The van der Waals surface area contributed by atoms with Crippen molar-refractivity contribution in [2.75, 3.05) is 19.7 Å². The zero-order chi connectivity index (χ0) is 17.1. The topological polar surface area (TPSA) is 32.8 Å². The minimum atomic E-state index is 0.116. The van der Waals surface area contributed by atoms with Gasteiger partial charge in [0.15, 0.2) is 0 Å². The van der Waals surface area contributed by atoms with Crippen LogP contribution in [0.15, 0.2) is 18.2 Å². The van der Waals surface area contributed by atoms with Crippen LogP contribution in [0.3, 0.4) is 0 Å². The molecule has 0 aliphatic carbocycles. The number of hydrogen-bond acceptors (Lipinski definition) is 3. The molecule has 1 amide bonds. The Labute approximate surface area is 145 Å². The van der Waals surface area contributed by atoms with Gasteiger partial charge in [0.2, 0.25) is 5.91 Å². The second-order valence-corrected chi connectivity index (χ2v) is 7.70. The second kappa shape index (κ2) is 7.56. The number of carbonyl (C=O) groups is 1. The van der Waals surface area contributed by atoms with Crippen LogP contribution < -0.4 is 4.74 Å². The van der Waals surface area contributed by atoms with E-state index in [-0.39, 0.29) is 11.9 Å². The van der Waals surface area contributed by atoms with Gasteiger partial charge in [-0.1, -0.05) is 19.9 Å². The fourth-order valence-corrected chi connectivity index (χ4v) is 3.63. The van der Waals surface area contributed by atoms with Crippen molar-refractivity contribution >= 4 is 5.91 Å². The van der Waals surface area contributed by atoms with Gasteiger partial charge in [-0.15, -0.1) is 0 Å². The first-order chi connectivity index (χ1) is 11.5. The number of nitrogens with zero attached hydrogens (tertiary/aromatic N) is 2. The summed E-state index contributed by atoms with van der Waals surface area (Å²) < 4.78 is 5.96. The maximum atomic E-state index is 12.6. The normalized spacial score (nSPS) is 21.5. The van der Waals surface area contributed by atoms with E-state index < -0.39 is 0 Å². The molecule has 2 aliphatic rings. The van der Waals surface area contributed by atoms with Gasteiger partial charge in [-0.25, -0.2) is 0 Å². The van der Waals surface area contributed by atoms with Crippen LogP contribution in [-0.4, -0.2) is 41.4 Å². The zero-order valence-corrected chi connectivity index (χ0v) is 15.3. The molecule has 2 aliphatic heterocycles. The van der Waals surface area contributed by atoms with Crippen LogP contribution in [0.1, 0.15) is 51.2 Å². The molecule has 132 valence electrons. The van der Waals surface area contributed by atoms with Crippen molar-refractivity contribution in [3.63, 3.8) is 0 Å². The van der Waals surface area contributed by atoms with E-state index in [1.54, 1.807) is 0 Å². The first-order valence-corrected chi connectivity index (χ1v) is 9.29. The highest BCUT2D eigenvalue weighted by molar-refractivity contribution is 5.77. The third-order valence-electron chi connectivity index (χ3n) is 4.99. The van der Waals surface area contributed by atoms with Crippen LogP contribution in [0.5, 0.6) is 5.75 Å². The first-order valence-electron chi connectivity index (χ1n) is 9.29. The summed E-state index contributed by atoms with van der Waals surface area (Å²) in [6.45, 7) is 10.9. The average molecular weight is 330 g/mol. The Morgan fingerprint density at radius 2 is 2.04 bits per heavy atom. The average Bonchev–Trinajstić information content (AvgIpc) is 2.97. The molecule has 24 heavy (non-hydrogen) atoms. The van der Waals surface area contributed by atoms with Crippen molar-refractivity contribution in [3.05, 3.63) is 29.3 Å². The van der Waals surface area contributed by atoms with Crippen molar-refractivity contribution in [2.24, 2.45) is 5.92 Å². The zero-order valence-electron chi connectivity index (χ0n) is 15.3. The van der Waals surface area contributed by atoms with Gasteiger partial charge < -0.3 is 9.64 Å². The number of benzene rings is 1. The number of amides is 1. The second-order valence-electron chi connectivity index (χ2n) is 7.70. The Morgan fingerprint density at radius 3 is 2.75 bits per heavy atom. The molecule has 0 radical (unpaired) electrons. The van der Waals surface area contributed by atoms with Gasteiger partial charge >= 0.3 is 0 Å². The summed E-state index contributed by atoms with van der Waals surface area (Å²) in [5.41, 5.74) is 2.47. The fourth-order valence-electron chi connectivity index (χ4n) is 3.63. The molecule has 1 saturated heterocycles. The number of likely N-dealkylation sites (tertiary alicyclic amines) is 1. The first kappa shape index (κ1) is 17.3. The lowest BCUT2D eigenvalue weighted by Gasteiger charge is -2.27. The van der Waals surface area contributed by atoms with Crippen LogP contribution in [0, 0.1) is 5.92 Å². The molecule has 2 heterocycles. The molecule has 0 spiro atoms. The molecular weight excluding hydrogens is 300 g/mol. The molecule has 0 unspecified atom stereocenters. The minimum Gasteiger partial charge on any atom is -0.491 e. The lowest BCUT2D eigenvalue weighted by Crippen LogP contribution is -2.40. The van der Waals surface area contributed by atoms with Crippen LogP contribution in [0.25, 0.3) is 0 Å². The van der Waals surface area contributed by atoms with Crippen molar-refractivity contribution in [1.29, 1.82) is 0 Å². The quantitative estimate of drug-likeness (QED) is 0.848. The van der Waals surface area contributed by atoms with Gasteiger partial charge in [0, 0.05) is 25.1 Å². The third-order valence-corrected chi connectivity index (χ3v) is 4.99. The Bertz CT molecular complexity index is 579. The molecule has 1 aromatic carbocycles. The minimum absolute atomic E-state index is 0.116. The van der Waals surface area contributed by atoms with E-state index in [0.717, 1.165) is 17.9 Å². The number of carbonyl (C=O) groups excluding carboxylic acids is 1. The molecule has 4 heteroatoms. The van der Waals surface area contributed by atoms with Crippen LogP contribution in [0.4, 0.5) is 0 Å². The van der Waals surface area contributed by atoms with Crippen molar-refractivity contribution in [2.45, 2.75) is 59.2 Å². The van der Waals surface area contributed by atoms with Gasteiger partial charge in [-0.3, -0.25) is 9.69 Å². The third kappa shape index (κ3) is 4.10. The number of hydrogen-bond donors (Lipinski definition) is 0. The highest BCUT2D eigenvalue weighted by Crippen LogP contribution is 2.28. The van der Waals surface area contributed by atoms with E-state index >= 15 is 0 Å². The summed E-state index contributed by atoms with van der Waals surface area (Å²) in [7, 11) is 0. The van der Waals surface area contributed by atoms with Crippen molar-refractivity contribution < 1.29 is 9.53 Å². The monoisotopic (exact) mass is 330 g/mol. The lowest BCUT2D eigenvalue weighted by molar-refractivity contribution is -0.135. The van der Waals surface area contributed by atoms with E-state index in [2.05, 4.69) is 43.9 Å². The van der Waals surface area contributed by atoms with E-state index in [9.17, 15) is 4.79 Å². The number of ether oxygens (including phenoxy) is 1. The van der Waals surface area contributed by atoms with Gasteiger partial charge in [0.05, 0.1) is 6.04 Å². The van der Waals surface area contributed by atoms with Crippen LogP contribution >= 0.6 is 0 Å². The Kier molecular flexibility index (Phi) is 5.44. The summed E-state index contributed by atoms with van der Waals surface area (Å²) in [4.78, 5) is 17.1. The summed E-state index contributed by atoms with van der Waals surface area (Å²) in [6.07, 6.45) is 3.22. The lowest BCUT2D eigenvalue weighted by atomic mass is 10.1.